The van der Waals surface area contributed by atoms with Gasteiger partial charge in [0.1, 0.15) is 0 Å². The van der Waals surface area contributed by atoms with E-state index in [4.69, 9.17) is 4.42 Å². The molecule has 0 aliphatic carbocycles. The maximum Gasteiger partial charge on any atom is 0.174 e. The van der Waals surface area contributed by atoms with Gasteiger partial charge in [-0.2, -0.15) is 0 Å². The van der Waals surface area contributed by atoms with Gasteiger partial charge in [-0.1, -0.05) is 6.92 Å². The third-order valence-electron chi connectivity index (χ3n) is 2.46. The SMILES string of the molecule is CCCNC(c1ccoc1Br)c1sccc1Br. The molecule has 0 saturated carbocycles. The Balaban J connectivity index is 2.32. The minimum atomic E-state index is 0.178. The molecule has 0 aliphatic rings. The first-order valence-corrected chi connectivity index (χ1v) is 7.89. The Labute approximate surface area is 122 Å². The average molecular weight is 379 g/mol. The number of rotatable bonds is 5. The molecule has 1 atom stereocenters. The van der Waals surface area contributed by atoms with E-state index in [0.717, 1.165) is 27.7 Å². The Hall–Kier alpha value is -0.100. The van der Waals surface area contributed by atoms with Gasteiger partial charge in [0.15, 0.2) is 4.67 Å². The maximum atomic E-state index is 5.33. The number of nitrogens with one attached hydrogen (secondary N) is 1. The molecule has 2 heterocycles. The largest absolute Gasteiger partial charge is 0.457 e. The van der Waals surface area contributed by atoms with Crippen LogP contribution in [0.2, 0.25) is 0 Å². The Kier molecular flexibility index (Phi) is 4.85. The molecule has 0 bridgehead atoms. The van der Waals surface area contributed by atoms with Crippen LogP contribution in [0.4, 0.5) is 0 Å². The van der Waals surface area contributed by atoms with Gasteiger partial charge in [-0.15, -0.1) is 11.3 Å². The van der Waals surface area contributed by atoms with E-state index in [2.05, 4.69) is 55.5 Å². The molecule has 0 aliphatic heterocycles. The van der Waals surface area contributed by atoms with Crippen LogP contribution in [0.1, 0.15) is 29.8 Å². The van der Waals surface area contributed by atoms with Crippen LogP contribution in [0.25, 0.3) is 0 Å². The number of furan rings is 1. The van der Waals surface area contributed by atoms with Gasteiger partial charge in [0.2, 0.25) is 0 Å². The second-order valence-electron chi connectivity index (χ2n) is 3.67. The second-order valence-corrected chi connectivity index (χ2v) is 6.19. The highest BCUT2D eigenvalue weighted by atomic mass is 79.9. The van der Waals surface area contributed by atoms with Crippen LogP contribution in [0, 0.1) is 0 Å². The summed E-state index contributed by atoms with van der Waals surface area (Å²) < 4.78 is 7.27. The van der Waals surface area contributed by atoms with Crippen molar-refractivity contribution in [1.82, 2.24) is 5.32 Å². The molecule has 1 N–H and O–H groups in total. The van der Waals surface area contributed by atoms with E-state index in [-0.39, 0.29) is 6.04 Å². The fourth-order valence-corrected chi connectivity index (χ4v) is 3.82. The van der Waals surface area contributed by atoms with Gasteiger partial charge in [-0.3, -0.25) is 0 Å². The molecule has 0 fully saturated rings. The summed E-state index contributed by atoms with van der Waals surface area (Å²) in [4.78, 5) is 1.28. The van der Waals surface area contributed by atoms with Gasteiger partial charge in [0, 0.05) is 14.9 Å². The van der Waals surface area contributed by atoms with Crippen LogP contribution in [-0.4, -0.2) is 6.54 Å². The van der Waals surface area contributed by atoms with Gasteiger partial charge in [0.05, 0.1) is 12.3 Å². The zero-order valence-electron chi connectivity index (χ0n) is 9.37. The summed E-state index contributed by atoms with van der Waals surface area (Å²) in [7, 11) is 0. The van der Waals surface area contributed by atoms with Crippen molar-refractivity contribution in [3.8, 4) is 0 Å². The first-order valence-electron chi connectivity index (χ1n) is 5.43. The lowest BCUT2D eigenvalue weighted by molar-refractivity contribution is 0.524. The van der Waals surface area contributed by atoms with E-state index in [0.29, 0.717) is 0 Å². The summed E-state index contributed by atoms with van der Waals surface area (Å²) >= 11 is 8.79. The van der Waals surface area contributed by atoms with Gasteiger partial charge in [-0.25, -0.2) is 0 Å². The number of thiophene rings is 1. The van der Waals surface area contributed by atoms with Crippen LogP contribution in [0.5, 0.6) is 0 Å². The fourth-order valence-electron chi connectivity index (χ4n) is 1.65. The topological polar surface area (TPSA) is 25.2 Å². The normalized spacial score (nSPS) is 12.9. The number of halogens is 2. The van der Waals surface area contributed by atoms with E-state index < -0.39 is 0 Å². The summed E-state index contributed by atoms with van der Waals surface area (Å²) in [5.41, 5.74) is 1.14. The average Bonchev–Trinajstić information content (AvgIpc) is 2.90. The van der Waals surface area contributed by atoms with E-state index in [9.17, 15) is 0 Å². The van der Waals surface area contributed by atoms with Crippen LogP contribution < -0.4 is 5.32 Å². The standard InChI is InChI=1S/C12H13Br2NOS/c1-2-5-15-10(8-3-6-16-12(8)14)11-9(13)4-7-17-11/h3-4,6-7,10,15H,2,5H2,1H3. The van der Waals surface area contributed by atoms with Crippen LogP contribution in [-0.2, 0) is 0 Å². The van der Waals surface area contributed by atoms with E-state index >= 15 is 0 Å². The van der Waals surface area contributed by atoms with Gasteiger partial charge < -0.3 is 9.73 Å². The van der Waals surface area contributed by atoms with Crippen molar-refractivity contribution in [2.45, 2.75) is 19.4 Å². The summed E-state index contributed by atoms with van der Waals surface area (Å²) in [6.07, 6.45) is 2.82. The molecule has 2 nitrogen and oxygen atoms in total. The molecule has 0 saturated heterocycles. The second kappa shape index (κ2) is 6.18. The summed E-state index contributed by atoms with van der Waals surface area (Å²) in [5, 5.41) is 5.64. The molecule has 2 aromatic rings. The Morgan fingerprint density at radius 3 is 2.76 bits per heavy atom. The first kappa shape index (κ1) is 13.3. The van der Waals surface area contributed by atoms with Crippen molar-refractivity contribution >= 4 is 43.2 Å². The third kappa shape index (κ3) is 3.02. The molecule has 0 amide bonds. The molecule has 0 spiro atoms. The molecule has 0 aromatic carbocycles. The molecule has 1 unspecified atom stereocenters. The molecule has 5 heteroatoms. The van der Waals surface area contributed by atoms with Crippen LogP contribution in [0.15, 0.2) is 37.3 Å². The van der Waals surface area contributed by atoms with E-state index in [1.54, 1.807) is 17.6 Å². The maximum absolute atomic E-state index is 5.33. The quantitative estimate of drug-likeness (QED) is 0.795. The molecule has 92 valence electrons. The Morgan fingerprint density at radius 2 is 2.24 bits per heavy atom. The first-order chi connectivity index (χ1) is 8.24. The molecule has 2 aromatic heterocycles. The van der Waals surface area contributed by atoms with E-state index in [1.807, 2.05) is 6.07 Å². The van der Waals surface area contributed by atoms with Crippen molar-refractivity contribution < 1.29 is 4.42 Å². The molecule has 0 radical (unpaired) electrons. The van der Waals surface area contributed by atoms with Crippen LogP contribution >= 0.6 is 43.2 Å². The van der Waals surface area contributed by atoms with Gasteiger partial charge in [-0.05, 0) is 62.3 Å². The molecular weight excluding hydrogens is 366 g/mol. The number of hydrogen-bond acceptors (Lipinski definition) is 3. The lowest BCUT2D eigenvalue weighted by atomic mass is 10.1. The Morgan fingerprint density at radius 1 is 1.41 bits per heavy atom. The van der Waals surface area contributed by atoms with Crippen molar-refractivity contribution in [1.29, 1.82) is 0 Å². The summed E-state index contributed by atoms with van der Waals surface area (Å²) in [6, 6.07) is 4.26. The van der Waals surface area contributed by atoms with Crippen LogP contribution in [0.3, 0.4) is 0 Å². The third-order valence-corrected chi connectivity index (χ3v) is 5.04. The van der Waals surface area contributed by atoms with Gasteiger partial charge >= 0.3 is 0 Å². The lowest BCUT2D eigenvalue weighted by Crippen LogP contribution is -2.22. The minimum absolute atomic E-state index is 0.178. The molecule has 17 heavy (non-hydrogen) atoms. The summed E-state index contributed by atoms with van der Waals surface area (Å²) in [6.45, 7) is 3.14. The predicted molar refractivity (Wildman–Crippen MR) is 78.6 cm³/mol. The highest BCUT2D eigenvalue weighted by Gasteiger charge is 2.21. The number of hydrogen-bond donors (Lipinski definition) is 1. The Bertz CT molecular complexity index is 440. The highest BCUT2D eigenvalue weighted by molar-refractivity contribution is 9.10. The zero-order valence-corrected chi connectivity index (χ0v) is 13.4. The van der Waals surface area contributed by atoms with Crippen molar-refractivity contribution in [3.05, 3.63) is 43.4 Å². The fraction of sp³-hybridized carbons (Fsp3) is 0.333. The predicted octanol–water partition coefficient (Wildman–Crippen LogP) is 4.96. The van der Waals surface area contributed by atoms with E-state index in [1.165, 1.54) is 4.88 Å². The molecular formula is C12H13Br2NOS. The van der Waals surface area contributed by atoms with Crippen molar-refractivity contribution in [3.63, 3.8) is 0 Å². The highest BCUT2D eigenvalue weighted by Crippen LogP contribution is 2.36. The minimum Gasteiger partial charge on any atom is -0.457 e. The van der Waals surface area contributed by atoms with Gasteiger partial charge in [0.25, 0.3) is 0 Å². The smallest absolute Gasteiger partial charge is 0.174 e. The van der Waals surface area contributed by atoms with Crippen molar-refractivity contribution in [2.75, 3.05) is 6.54 Å². The monoisotopic (exact) mass is 377 g/mol. The lowest BCUT2D eigenvalue weighted by Gasteiger charge is -2.17. The zero-order chi connectivity index (χ0) is 12.3. The summed E-state index contributed by atoms with van der Waals surface area (Å²) in [5.74, 6) is 0. The van der Waals surface area contributed by atoms with Crippen molar-refractivity contribution in [2.24, 2.45) is 0 Å². The molecule has 2 rings (SSSR count).